The molecule has 2 rings (SSSR count). The van der Waals surface area contributed by atoms with Crippen molar-refractivity contribution >= 4 is 10.9 Å². The van der Waals surface area contributed by atoms with Gasteiger partial charge >= 0.3 is 0 Å². The molecular formula is C16H18N2. The molecule has 0 aliphatic rings. The fourth-order valence-corrected chi connectivity index (χ4v) is 1.97. The van der Waals surface area contributed by atoms with Crippen molar-refractivity contribution in [3.05, 3.63) is 41.1 Å². The van der Waals surface area contributed by atoms with Gasteiger partial charge in [-0.25, -0.2) is 0 Å². The predicted octanol–water partition coefficient (Wildman–Crippen LogP) is 3.97. The average Bonchev–Trinajstić information content (AvgIpc) is 2.35. The van der Waals surface area contributed by atoms with Crippen LogP contribution in [0, 0.1) is 11.3 Å². The highest BCUT2D eigenvalue weighted by atomic mass is 14.7. The summed E-state index contributed by atoms with van der Waals surface area (Å²) in [5.74, 6) is 0. The van der Waals surface area contributed by atoms with E-state index in [2.05, 4.69) is 50.9 Å². The summed E-state index contributed by atoms with van der Waals surface area (Å²) in [5.41, 5.74) is 3.81. The summed E-state index contributed by atoms with van der Waals surface area (Å²) in [6.07, 6.45) is 0.974. The molecule has 0 aliphatic carbocycles. The van der Waals surface area contributed by atoms with Gasteiger partial charge in [-0.1, -0.05) is 33.8 Å². The number of pyridine rings is 1. The van der Waals surface area contributed by atoms with Crippen LogP contribution in [0.5, 0.6) is 0 Å². The van der Waals surface area contributed by atoms with Crippen LogP contribution in [-0.4, -0.2) is 4.98 Å². The maximum Gasteiger partial charge on any atom is 0.0999 e. The maximum atomic E-state index is 9.31. The third kappa shape index (κ3) is 2.22. The molecule has 0 radical (unpaired) electrons. The number of benzene rings is 1. The van der Waals surface area contributed by atoms with E-state index in [9.17, 15) is 5.26 Å². The molecule has 0 spiro atoms. The normalized spacial score (nSPS) is 11.5. The Morgan fingerprint density at radius 2 is 1.94 bits per heavy atom. The van der Waals surface area contributed by atoms with Crippen LogP contribution < -0.4 is 0 Å². The summed E-state index contributed by atoms with van der Waals surface area (Å²) in [7, 11) is 0. The minimum absolute atomic E-state index is 0.0385. The zero-order valence-corrected chi connectivity index (χ0v) is 11.4. The van der Waals surface area contributed by atoms with Gasteiger partial charge in [0.2, 0.25) is 0 Å². The number of nitrogens with zero attached hydrogens (tertiary/aromatic N) is 2. The van der Waals surface area contributed by atoms with E-state index < -0.39 is 0 Å². The van der Waals surface area contributed by atoms with Gasteiger partial charge in [-0.05, 0) is 30.2 Å². The lowest BCUT2D eigenvalue weighted by atomic mass is 9.90. The Balaban J connectivity index is 2.76. The van der Waals surface area contributed by atoms with Crippen molar-refractivity contribution < 1.29 is 0 Å². The van der Waals surface area contributed by atoms with Crippen molar-refractivity contribution in [2.75, 3.05) is 0 Å². The number of hydrogen-bond acceptors (Lipinski definition) is 2. The van der Waals surface area contributed by atoms with E-state index >= 15 is 0 Å². The lowest BCUT2D eigenvalue weighted by Gasteiger charge is -2.18. The third-order valence-corrected chi connectivity index (χ3v) is 3.17. The topological polar surface area (TPSA) is 36.7 Å². The second-order valence-corrected chi connectivity index (χ2v) is 5.62. The van der Waals surface area contributed by atoms with Crippen molar-refractivity contribution in [1.82, 2.24) is 4.98 Å². The van der Waals surface area contributed by atoms with Crippen LogP contribution in [-0.2, 0) is 11.8 Å². The first-order chi connectivity index (χ1) is 8.45. The van der Waals surface area contributed by atoms with Crippen LogP contribution in [0.4, 0.5) is 0 Å². The molecule has 0 bridgehead atoms. The molecule has 0 saturated carbocycles. The Kier molecular flexibility index (Phi) is 3.09. The quantitative estimate of drug-likeness (QED) is 0.753. The van der Waals surface area contributed by atoms with Crippen LogP contribution in [0.1, 0.15) is 44.5 Å². The summed E-state index contributed by atoms with van der Waals surface area (Å²) >= 11 is 0. The lowest BCUT2D eigenvalue weighted by molar-refractivity contribution is 0.571. The SMILES string of the molecule is CCc1ccc2nc(C(C)(C)C)cc(C#N)c2c1. The Morgan fingerprint density at radius 1 is 1.22 bits per heavy atom. The van der Waals surface area contributed by atoms with E-state index in [1.807, 2.05) is 12.1 Å². The van der Waals surface area contributed by atoms with E-state index in [-0.39, 0.29) is 5.41 Å². The monoisotopic (exact) mass is 238 g/mol. The highest BCUT2D eigenvalue weighted by molar-refractivity contribution is 5.85. The highest BCUT2D eigenvalue weighted by Crippen LogP contribution is 2.26. The number of aromatic nitrogens is 1. The van der Waals surface area contributed by atoms with Crippen LogP contribution in [0.15, 0.2) is 24.3 Å². The second-order valence-electron chi connectivity index (χ2n) is 5.62. The molecule has 0 fully saturated rings. The first kappa shape index (κ1) is 12.6. The van der Waals surface area contributed by atoms with Crippen molar-refractivity contribution in [2.24, 2.45) is 0 Å². The van der Waals surface area contributed by atoms with Gasteiger partial charge in [0.15, 0.2) is 0 Å². The van der Waals surface area contributed by atoms with Crippen LogP contribution in [0.3, 0.4) is 0 Å². The molecule has 0 amide bonds. The molecule has 18 heavy (non-hydrogen) atoms. The summed E-state index contributed by atoms with van der Waals surface area (Å²) in [6, 6.07) is 10.4. The number of hydrogen-bond donors (Lipinski definition) is 0. The van der Waals surface area contributed by atoms with Crippen LogP contribution >= 0.6 is 0 Å². The molecule has 2 heteroatoms. The van der Waals surface area contributed by atoms with Gasteiger partial charge in [0.05, 0.1) is 17.1 Å². The standard InChI is InChI=1S/C16H18N2/c1-5-11-6-7-14-13(8-11)12(10-17)9-15(18-14)16(2,3)4/h6-9H,5H2,1-4H3. The summed E-state index contributed by atoms with van der Waals surface area (Å²) < 4.78 is 0. The van der Waals surface area contributed by atoms with Crippen molar-refractivity contribution in [3.63, 3.8) is 0 Å². The molecule has 1 aromatic carbocycles. The zero-order valence-electron chi connectivity index (χ0n) is 11.4. The summed E-state index contributed by atoms with van der Waals surface area (Å²) in [5, 5.41) is 10.3. The Labute approximate surface area is 108 Å². The minimum Gasteiger partial charge on any atom is -0.252 e. The van der Waals surface area contributed by atoms with Gasteiger partial charge in [-0.3, -0.25) is 4.98 Å². The number of nitriles is 1. The molecule has 1 aromatic heterocycles. The van der Waals surface area contributed by atoms with E-state index in [1.54, 1.807) is 0 Å². The van der Waals surface area contributed by atoms with Crippen molar-refractivity contribution in [1.29, 1.82) is 5.26 Å². The molecule has 0 unspecified atom stereocenters. The fraction of sp³-hybridized carbons (Fsp3) is 0.375. The molecule has 0 N–H and O–H groups in total. The van der Waals surface area contributed by atoms with Crippen LogP contribution in [0.25, 0.3) is 10.9 Å². The second kappa shape index (κ2) is 4.42. The van der Waals surface area contributed by atoms with Gasteiger partial charge in [-0.15, -0.1) is 0 Å². The predicted molar refractivity (Wildman–Crippen MR) is 74.5 cm³/mol. The van der Waals surface area contributed by atoms with Gasteiger partial charge in [-0.2, -0.15) is 5.26 Å². The molecule has 2 aromatic rings. The highest BCUT2D eigenvalue weighted by Gasteiger charge is 2.17. The van der Waals surface area contributed by atoms with E-state index in [0.717, 1.165) is 28.6 Å². The lowest BCUT2D eigenvalue weighted by Crippen LogP contribution is -2.14. The Hall–Kier alpha value is -1.88. The molecule has 0 atom stereocenters. The Bertz CT molecular complexity index is 628. The summed E-state index contributed by atoms with van der Waals surface area (Å²) in [6.45, 7) is 8.46. The van der Waals surface area contributed by atoms with E-state index in [0.29, 0.717) is 0 Å². The van der Waals surface area contributed by atoms with Gasteiger partial charge in [0, 0.05) is 16.5 Å². The Morgan fingerprint density at radius 3 is 2.50 bits per heavy atom. The molecular weight excluding hydrogens is 220 g/mol. The first-order valence-corrected chi connectivity index (χ1v) is 6.30. The van der Waals surface area contributed by atoms with Crippen molar-refractivity contribution in [3.8, 4) is 6.07 Å². The maximum absolute atomic E-state index is 9.31. The zero-order chi connectivity index (χ0) is 13.3. The van der Waals surface area contributed by atoms with Gasteiger partial charge in [0.1, 0.15) is 0 Å². The van der Waals surface area contributed by atoms with E-state index in [1.165, 1.54) is 5.56 Å². The number of aryl methyl sites for hydroxylation is 1. The van der Waals surface area contributed by atoms with Gasteiger partial charge < -0.3 is 0 Å². The average molecular weight is 238 g/mol. The molecule has 1 heterocycles. The fourth-order valence-electron chi connectivity index (χ4n) is 1.97. The molecule has 2 nitrogen and oxygen atoms in total. The molecule has 0 aliphatic heterocycles. The number of rotatable bonds is 1. The third-order valence-electron chi connectivity index (χ3n) is 3.17. The molecule has 92 valence electrons. The number of fused-ring (bicyclic) bond motifs is 1. The largest absolute Gasteiger partial charge is 0.252 e. The summed E-state index contributed by atoms with van der Waals surface area (Å²) in [4.78, 5) is 4.68. The first-order valence-electron chi connectivity index (χ1n) is 6.30. The van der Waals surface area contributed by atoms with Crippen LogP contribution in [0.2, 0.25) is 0 Å². The molecule has 0 saturated heterocycles. The minimum atomic E-state index is -0.0385. The van der Waals surface area contributed by atoms with Gasteiger partial charge in [0.25, 0.3) is 0 Å². The van der Waals surface area contributed by atoms with Crippen molar-refractivity contribution in [2.45, 2.75) is 39.5 Å². The smallest absolute Gasteiger partial charge is 0.0999 e. The van der Waals surface area contributed by atoms with E-state index in [4.69, 9.17) is 0 Å².